The molecule has 0 spiro atoms. The van der Waals surface area contributed by atoms with Crippen LogP contribution >= 0.6 is 0 Å². The van der Waals surface area contributed by atoms with E-state index in [-0.39, 0.29) is 0 Å². The Labute approximate surface area is 86.8 Å². The van der Waals surface area contributed by atoms with Gasteiger partial charge in [-0.1, -0.05) is 6.07 Å². The quantitative estimate of drug-likeness (QED) is 0.553. The second kappa shape index (κ2) is 3.59. The van der Waals surface area contributed by atoms with E-state index in [0.29, 0.717) is 11.4 Å². The molecule has 0 fully saturated rings. The van der Waals surface area contributed by atoms with Crippen LogP contribution in [0.1, 0.15) is 0 Å². The molecule has 76 valence electrons. The fourth-order valence-electron chi connectivity index (χ4n) is 1.69. The molecule has 1 aromatic carbocycles. The summed E-state index contributed by atoms with van der Waals surface area (Å²) in [7, 11) is 3.49. The van der Waals surface area contributed by atoms with Crippen molar-refractivity contribution in [1.29, 1.82) is 0 Å². The maximum atomic E-state index is 10.3. The lowest BCUT2D eigenvalue weighted by Crippen LogP contribution is -1.85. The maximum absolute atomic E-state index is 10.3. The summed E-state index contributed by atoms with van der Waals surface area (Å²) < 4.78 is 7.12. The van der Waals surface area contributed by atoms with Crippen molar-refractivity contribution in [3.8, 4) is 5.75 Å². The molecule has 4 nitrogen and oxygen atoms in total. The first kappa shape index (κ1) is 9.49. The van der Waals surface area contributed by atoms with Gasteiger partial charge in [-0.25, -0.2) is 4.79 Å². The number of aromatic nitrogens is 1. The van der Waals surface area contributed by atoms with Crippen LogP contribution in [0.2, 0.25) is 0 Å². The Morgan fingerprint density at radius 2 is 2.27 bits per heavy atom. The molecular formula is C11H10N2O2. The number of methoxy groups -OCH3 is 1. The van der Waals surface area contributed by atoms with E-state index in [0.717, 1.165) is 10.9 Å². The number of isocyanates is 1. The topological polar surface area (TPSA) is 43.6 Å². The molecule has 0 N–H and O–H groups in total. The van der Waals surface area contributed by atoms with Gasteiger partial charge in [0, 0.05) is 13.2 Å². The second-order valence-electron chi connectivity index (χ2n) is 3.18. The number of hydrogen-bond donors (Lipinski definition) is 0. The minimum atomic E-state index is 0.583. The van der Waals surface area contributed by atoms with Crippen LogP contribution < -0.4 is 4.74 Å². The van der Waals surface area contributed by atoms with Crippen molar-refractivity contribution in [3.05, 3.63) is 24.4 Å². The standard InChI is InChI=1S/C11H10N2O2/c1-13-6-8(12-7-14)11-9(13)4-3-5-10(11)15-2/h3-6H,1-2H3. The smallest absolute Gasteiger partial charge is 0.240 e. The van der Waals surface area contributed by atoms with E-state index >= 15 is 0 Å². The number of benzene rings is 1. The number of fused-ring (bicyclic) bond motifs is 1. The molecule has 0 aliphatic heterocycles. The van der Waals surface area contributed by atoms with E-state index in [1.54, 1.807) is 19.4 Å². The van der Waals surface area contributed by atoms with E-state index < -0.39 is 0 Å². The number of ether oxygens (including phenoxy) is 1. The monoisotopic (exact) mass is 202 g/mol. The number of hydrogen-bond acceptors (Lipinski definition) is 3. The molecule has 0 radical (unpaired) electrons. The van der Waals surface area contributed by atoms with Crippen LogP contribution in [0.15, 0.2) is 29.4 Å². The van der Waals surface area contributed by atoms with Crippen LogP contribution in [0.5, 0.6) is 5.75 Å². The highest BCUT2D eigenvalue weighted by Gasteiger charge is 2.10. The highest BCUT2D eigenvalue weighted by Crippen LogP contribution is 2.34. The molecule has 0 amide bonds. The van der Waals surface area contributed by atoms with Crippen molar-refractivity contribution in [1.82, 2.24) is 4.57 Å². The SMILES string of the molecule is COc1cccc2c1c(N=C=O)cn2C. The zero-order chi connectivity index (χ0) is 10.8. The predicted molar refractivity (Wildman–Crippen MR) is 57.3 cm³/mol. The summed E-state index contributed by atoms with van der Waals surface area (Å²) in [5, 5.41) is 0.839. The molecule has 15 heavy (non-hydrogen) atoms. The average molecular weight is 202 g/mol. The Kier molecular flexibility index (Phi) is 2.27. The van der Waals surface area contributed by atoms with E-state index in [1.165, 1.54) is 0 Å². The largest absolute Gasteiger partial charge is 0.496 e. The molecule has 0 aliphatic carbocycles. The van der Waals surface area contributed by atoms with Crippen LogP contribution in [0.3, 0.4) is 0 Å². The molecule has 0 bridgehead atoms. The van der Waals surface area contributed by atoms with Gasteiger partial charge in [-0.3, -0.25) is 0 Å². The van der Waals surface area contributed by atoms with Crippen molar-refractivity contribution in [2.24, 2.45) is 12.0 Å². The van der Waals surface area contributed by atoms with Crippen LogP contribution in [0.25, 0.3) is 10.9 Å². The molecule has 4 heteroatoms. The van der Waals surface area contributed by atoms with E-state index in [2.05, 4.69) is 4.99 Å². The fourth-order valence-corrected chi connectivity index (χ4v) is 1.69. The van der Waals surface area contributed by atoms with Gasteiger partial charge in [0.1, 0.15) is 11.4 Å². The third kappa shape index (κ3) is 1.41. The minimum Gasteiger partial charge on any atom is -0.496 e. The summed E-state index contributed by atoms with van der Waals surface area (Å²) in [6.45, 7) is 0. The summed E-state index contributed by atoms with van der Waals surface area (Å²) in [5.74, 6) is 0.710. The lowest BCUT2D eigenvalue weighted by atomic mass is 10.2. The van der Waals surface area contributed by atoms with Crippen molar-refractivity contribution in [2.45, 2.75) is 0 Å². The third-order valence-electron chi connectivity index (χ3n) is 2.34. The van der Waals surface area contributed by atoms with Crippen molar-refractivity contribution < 1.29 is 9.53 Å². The zero-order valence-corrected chi connectivity index (χ0v) is 8.52. The van der Waals surface area contributed by atoms with Gasteiger partial charge in [0.25, 0.3) is 0 Å². The van der Waals surface area contributed by atoms with E-state index in [9.17, 15) is 4.79 Å². The van der Waals surface area contributed by atoms with Gasteiger partial charge in [0.05, 0.1) is 18.0 Å². The second-order valence-corrected chi connectivity index (χ2v) is 3.18. The van der Waals surface area contributed by atoms with Crippen LogP contribution in [0, 0.1) is 0 Å². The first-order valence-electron chi connectivity index (χ1n) is 4.48. The van der Waals surface area contributed by atoms with Crippen molar-refractivity contribution in [3.63, 3.8) is 0 Å². The Morgan fingerprint density at radius 3 is 2.93 bits per heavy atom. The molecule has 1 heterocycles. The van der Waals surface area contributed by atoms with Crippen molar-refractivity contribution in [2.75, 3.05) is 7.11 Å². The minimum absolute atomic E-state index is 0.583. The van der Waals surface area contributed by atoms with Gasteiger partial charge in [0.15, 0.2) is 0 Å². The number of rotatable bonds is 2. The predicted octanol–water partition coefficient (Wildman–Crippen LogP) is 2.15. The van der Waals surface area contributed by atoms with Gasteiger partial charge in [-0.05, 0) is 12.1 Å². The zero-order valence-electron chi connectivity index (χ0n) is 8.52. The Balaban J connectivity index is 2.87. The number of carbonyl (C=O) groups excluding carboxylic acids is 1. The molecule has 2 aromatic rings. The van der Waals surface area contributed by atoms with Gasteiger partial charge >= 0.3 is 0 Å². The Morgan fingerprint density at radius 1 is 1.47 bits per heavy atom. The maximum Gasteiger partial charge on any atom is 0.240 e. The molecule has 0 unspecified atom stereocenters. The van der Waals surface area contributed by atoms with E-state index in [4.69, 9.17) is 4.74 Å². The fraction of sp³-hybridized carbons (Fsp3) is 0.182. The highest BCUT2D eigenvalue weighted by molar-refractivity contribution is 5.97. The van der Waals surface area contributed by atoms with Gasteiger partial charge in [-0.2, -0.15) is 4.99 Å². The average Bonchev–Trinajstić information content (AvgIpc) is 2.57. The third-order valence-corrected chi connectivity index (χ3v) is 2.34. The number of aliphatic imine (C=N–C) groups is 1. The highest BCUT2D eigenvalue weighted by atomic mass is 16.5. The lowest BCUT2D eigenvalue weighted by Gasteiger charge is -2.02. The van der Waals surface area contributed by atoms with Gasteiger partial charge in [-0.15, -0.1) is 0 Å². The summed E-state index contributed by atoms with van der Waals surface area (Å²) in [6.07, 6.45) is 3.32. The Bertz CT molecular complexity index is 551. The first-order chi connectivity index (χ1) is 7.27. The van der Waals surface area contributed by atoms with Crippen molar-refractivity contribution >= 4 is 22.7 Å². The molecule has 0 saturated carbocycles. The summed E-state index contributed by atoms with van der Waals surface area (Å²) in [5.41, 5.74) is 1.56. The summed E-state index contributed by atoms with van der Waals surface area (Å²) in [4.78, 5) is 13.9. The normalized spacial score (nSPS) is 10.0. The van der Waals surface area contributed by atoms with Crippen LogP contribution in [-0.2, 0) is 11.8 Å². The number of aryl methyl sites for hydroxylation is 1. The molecule has 2 rings (SSSR count). The molecular weight excluding hydrogens is 192 g/mol. The van der Waals surface area contributed by atoms with Gasteiger partial charge < -0.3 is 9.30 Å². The Hall–Kier alpha value is -2.06. The summed E-state index contributed by atoms with van der Waals surface area (Å²) in [6, 6.07) is 5.68. The molecule has 1 aromatic heterocycles. The molecule has 0 aliphatic rings. The van der Waals surface area contributed by atoms with Crippen LogP contribution in [-0.4, -0.2) is 17.8 Å². The molecule has 0 atom stereocenters. The summed E-state index contributed by atoms with van der Waals surface area (Å²) >= 11 is 0. The van der Waals surface area contributed by atoms with Crippen LogP contribution in [0.4, 0.5) is 5.69 Å². The van der Waals surface area contributed by atoms with Gasteiger partial charge in [0.2, 0.25) is 6.08 Å². The first-order valence-corrected chi connectivity index (χ1v) is 4.48. The lowest BCUT2D eigenvalue weighted by molar-refractivity contribution is 0.420. The van der Waals surface area contributed by atoms with E-state index in [1.807, 2.05) is 29.8 Å². The number of nitrogens with zero attached hydrogens (tertiary/aromatic N) is 2. The molecule has 0 saturated heterocycles.